The molecule has 0 spiro atoms. The maximum atomic E-state index is 12.4. The zero-order chi connectivity index (χ0) is 19.6. The Morgan fingerprint density at radius 2 is 2.11 bits per heavy atom. The van der Waals surface area contributed by atoms with E-state index in [9.17, 15) is 14.4 Å². The lowest BCUT2D eigenvalue weighted by Gasteiger charge is -2.29. The predicted molar refractivity (Wildman–Crippen MR) is 99.9 cm³/mol. The highest BCUT2D eigenvalue weighted by molar-refractivity contribution is 8.01. The fourth-order valence-electron chi connectivity index (χ4n) is 3.33. The number of thioether (sulfide) groups is 1. The Hall–Kier alpha value is -2.42. The van der Waals surface area contributed by atoms with Crippen molar-refractivity contribution in [1.82, 2.24) is 4.90 Å². The molecule has 2 aliphatic rings. The molecule has 2 atom stereocenters. The summed E-state index contributed by atoms with van der Waals surface area (Å²) < 4.78 is 15.5. The quantitative estimate of drug-likeness (QED) is 0.733. The van der Waals surface area contributed by atoms with Crippen LogP contribution in [-0.2, 0) is 19.1 Å². The Bertz CT molecular complexity index is 770. The van der Waals surface area contributed by atoms with Crippen molar-refractivity contribution < 1.29 is 28.6 Å². The molecule has 9 heteroatoms. The first-order valence-electron chi connectivity index (χ1n) is 8.52. The molecular weight excluding hydrogens is 372 g/mol. The second kappa shape index (κ2) is 7.67. The fourth-order valence-corrected chi connectivity index (χ4v) is 4.74. The summed E-state index contributed by atoms with van der Waals surface area (Å²) in [6.45, 7) is 1.51. The molecule has 2 aliphatic heterocycles. The lowest BCUT2D eigenvalue weighted by molar-refractivity contribution is -0.155. The van der Waals surface area contributed by atoms with E-state index < -0.39 is 24.5 Å². The SMILES string of the molecule is COc1ccc(OC)c(NC(=O)COC(=O)[C@@H]2CS[C@@]3(C)CCC(=O)N23)c1. The van der Waals surface area contributed by atoms with Gasteiger partial charge in [-0.1, -0.05) is 0 Å². The maximum absolute atomic E-state index is 12.4. The van der Waals surface area contributed by atoms with Crippen molar-refractivity contribution in [1.29, 1.82) is 0 Å². The van der Waals surface area contributed by atoms with Crippen LogP contribution in [-0.4, -0.2) is 60.2 Å². The van der Waals surface area contributed by atoms with E-state index >= 15 is 0 Å². The van der Waals surface area contributed by atoms with E-state index in [1.807, 2.05) is 6.92 Å². The average molecular weight is 394 g/mol. The third-order valence-electron chi connectivity index (χ3n) is 4.74. The molecule has 2 saturated heterocycles. The van der Waals surface area contributed by atoms with Gasteiger partial charge in [-0.15, -0.1) is 11.8 Å². The number of amides is 2. The van der Waals surface area contributed by atoms with Crippen molar-refractivity contribution in [2.24, 2.45) is 0 Å². The van der Waals surface area contributed by atoms with Crippen molar-refractivity contribution in [3.8, 4) is 11.5 Å². The summed E-state index contributed by atoms with van der Waals surface area (Å²) in [7, 11) is 3.00. The molecule has 0 aliphatic carbocycles. The molecule has 2 amide bonds. The lowest BCUT2D eigenvalue weighted by Crippen LogP contribution is -2.47. The molecule has 0 bridgehead atoms. The maximum Gasteiger partial charge on any atom is 0.330 e. The van der Waals surface area contributed by atoms with Crippen LogP contribution in [0.5, 0.6) is 11.5 Å². The summed E-state index contributed by atoms with van der Waals surface area (Å²) in [4.78, 5) is 37.9. The van der Waals surface area contributed by atoms with Gasteiger partial charge in [-0.2, -0.15) is 0 Å². The lowest BCUT2D eigenvalue weighted by atomic mass is 10.2. The number of carbonyl (C=O) groups excluding carboxylic acids is 3. The first-order valence-corrected chi connectivity index (χ1v) is 9.51. The van der Waals surface area contributed by atoms with Gasteiger partial charge in [0.15, 0.2) is 6.61 Å². The minimum atomic E-state index is -0.644. The summed E-state index contributed by atoms with van der Waals surface area (Å²) in [6, 6.07) is 4.33. The van der Waals surface area contributed by atoms with Gasteiger partial charge in [0.1, 0.15) is 17.5 Å². The highest BCUT2D eigenvalue weighted by Crippen LogP contribution is 2.47. The van der Waals surface area contributed by atoms with Gasteiger partial charge in [0.25, 0.3) is 5.91 Å². The van der Waals surface area contributed by atoms with Gasteiger partial charge >= 0.3 is 5.97 Å². The Morgan fingerprint density at radius 3 is 2.81 bits per heavy atom. The minimum Gasteiger partial charge on any atom is -0.497 e. The molecule has 3 rings (SSSR count). The number of nitrogens with zero attached hydrogens (tertiary/aromatic N) is 1. The number of ether oxygens (including phenoxy) is 3. The van der Waals surface area contributed by atoms with Gasteiger partial charge in [-0.3, -0.25) is 9.59 Å². The number of hydrogen-bond donors (Lipinski definition) is 1. The molecule has 1 aromatic carbocycles. The second-order valence-corrected chi connectivity index (χ2v) is 7.99. The highest BCUT2D eigenvalue weighted by Gasteiger charge is 2.53. The van der Waals surface area contributed by atoms with E-state index in [0.717, 1.165) is 6.42 Å². The van der Waals surface area contributed by atoms with Gasteiger partial charge in [-0.05, 0) is 25.5 Å². The largest absolute Gasteiger partial charge is 0.497 e. The molecule has 1 aromatic rings. The summed E-state index contributed by atoms with van der Waals surface area (Å²) in [5.41, 5.74) is 0.414. The summed E-state index contributed by atoms with van der Waals surface area (Å²) in [5, 5.41) is 2.64. The normalized spacial score (nSPS) is 23.7. The molecule has 0 aromatic heterocycles. The molecule has 0 radical (unpaired) electrons. The monoisotopic (exact) mass is 394 g/mol. The molecule has 0 unspecified atom stereocenters. The first-order chi connectivity index (χ1) is 12.9. The van der Waals surface area contributed by atoms with Crippen LogP contribution in [0, 0.1) is 0 Å². The van der Waals surface area contributed by atoms with Crippen molar-refractivity contribution in [3.63, 3.8) is 0 Å². The number of methoxy groups -OCH3 is 2. The van der Waals surface area contributed by atoms with Crippen LogP contribution >= 0.6 is 11.8 Å². The fraction of sp³-hybridized carbons (Fsp3) is 0.500. The zero-order valence-electron chi connectivity index (χ0n) is 15.4. The summed E-state index contributed by atoms with van der Waals surface area (Å²) in [5.74, 6) is 0.381. The van der Waals surface area contributed by atoms with Gasteiger partial charge < -0.3 is 24.4 Å². The standard InChI is InChI=1S/C18H22N2O6S/c1-18-7-6-16(22)20(18)13(10-27-18)17(23)26-9-15(21)19-12-8-11(24-2)4-5-14(12)25-3/h4-5,8,13H,6-7,9-10H2,1-3H3,(H,19,21)/t13-,18-/m0/s1. The van der Waals surface area contributed by atoms with Gasteiger partial charge in [-0.25, -0.2) is 4.79 Å². The topological polar surface area (TPSA) is 94.2 Å². The van der Waals surface area contributed by atoms with E-state index in [0.29, 0.717) is 29.4 Å². The van der Waals surface area contributed by atoms with E-state index in [-0.39, 0.29) is 10.8 Å². The van der Waals surface area contributed by atoms with Crippen molar-refractivity contribution in [2.45, 2.75) is 30.7 Å². The van der Waals surface area contributed by atoms with Crippen molar-refractivity contribution in [3.05, 3.63) is 18.2 Å². The van der Waals surface area contributed by atoms with Crippen molar-refractivity contribution >= 4 is 35.2 Å². The highest BCUT2D eigenvalue weighted by atomic mass is 32.2. The van der Waals surface area contributed by atoms with E-state index in [2.05, 4.69) is 5.32 Å². The average Bonchev–Trinajstić information content (AvgIpc) is 3.15. The van der Waals surface area contributed by atoms with Gasteiger partial charge in [0.2, 0.25) is 5.91 Å². The first kappa shape index (κ1) is 19.3. The number of benzene rings is 1. The molecule has 8 nitrogen and oxygen atoms in total. The van der Waals surface area contributed by atoms with Gasteiger partial charge in [0.05, 0.1) is 24.8 Å². The Balaban J connectivity index is 1.58. The molecule has 2 fully saturated rings. The number of carbonyl (C=O) groups is 3. The smallest absolute Gasteiger partial charge is 0.330 e. The van der Waals surface area contributed by atoms with Crippen LogP contribution in [0.1, 0.15) is 19.8 Å². The Labute approximate surface area is 161 Å². The molecule has 1 N–H and O–H groups in total. The van der Waals surface area contributed by atoms with Crippen LogP contribution in [0.15, 0.2) is 18.2 Å². The predicted octanol–water partition coefficient (Wildman–Crippen LogP) is 1.64. The number of esters is 1. The van der Waals surface area contributed by atoms with Gasteiger partial charge in [0, 0.05) is 18.2 Å². The molecule has 0 saturated carbocycles. The molecule has 27 heavy (non-hydrogen) atoms. The number of fused-ring (bicyclic) bond motifs is 1. The summed E-state index contributed by atoms with van der Waals surface area (Å²) >= 11 is 1.57. The second-order valence-electron chi connectivity index (χ2n) is 6.49. The number of hydrogen-bond acceptors (Lipinski definition) is 7. The van der Waals surface area contributed by atoms with Crippen LogP contribution in [0.25, 0.3) is 0 Å². The number of nitrogens with one attached hydrogen (secondary N) is 1. The molecular formula is C18H22N2O6S. The van der Waals surface area contributed by atoms with E-state index in [1.165, 1.54) is 14.2 Å². The Morgan fingerprint density at radius 1 is 1.33 bits per heavy atom. The van der Waals surface area contributed by atoms with Crippen LogP contribution in [0.3, 0.4) is 0 Å². The zero-order valence-corrected chi connectivity index (χ0v) is 16.3. The van der Waals surface area contributed by atoms with E-state index in [4.69, 9.17) is 14.2 Å². The molecule has 146 valence electrons. The minimum absolute atomic E-state index is 0.0463. The van der Waals surface area contributed by atoms with Crippen LogP contribution < -0.4 is 14.8 Å². The third kappa shape index (κ3) is 3.83. The van der Waals surface area contributed by atoms with Crippen molar-refractivity contribution in [2.75, 3.05) is 31.9 Å². The number of rotatable bonds is 6. The van der Waals surface area contributed by atoms with Crippen LogP contribution in [0.4, 0.5) is 5.69 Å². The van der Waals surface area contributed by atoms with E-state index in [1.54, 1.807) is 34.9 Å². The van der Waals surface area contributed by atoms with Crippen LogP contribution in [0.2, 0.25) is 0 Å². The molecule has 2 heterocycles. The third-order valence-corrected chi connectivity index (χ3v) is 6.25. The summed E-state index contributed by atoms with van der Waals surface area (Å²) in [6.07, 6.45) is 1.15. The Kier molecular flexibility index (Phi) is 5.50. The number of anilines is 1.